The van der Waals surface area contributed by atoms with Crippen molar-refractivity contribution in [3.05, 3.63) is 34.9 Å². The van der Waals surface area contributed by atoms with E-state index in [9.17, 15) is 4.79 Å². The SMILES string of the molecule is C[C@@H](Cc1cccc(Cl)c1)C(=O)NCC(C)(C)CO. The van der Waals surface area contributed by atoms with Crippen molar-refractivity contribution in [3.8, 4) is 0 Å². The van der Waals surface area contributed by atoms with E-state index in [2.05, 4.69) is 5.32 Å². The van der Waals surface area contributed by atoms with Crippen LogP contribution in [0.5, 0.6) is 0 Å². The molecule has 0 fully saturated rings. The summed E-state index contributed by atoms with van der Waals surface area (Å²) in [5, 5.41) is 12.7. The Morgan fingerprint density at radius 1 is 1.47 bits per heavy atom. The summed E-state index contributed by atoms with van der Waals surface area (Å²) in [7, 11) is 0. The highest BCUT2D eigenvalue weighted by Gasteiger charge is 2.20. The summed E-state index contributed by atoms with van der Waals surface area (Å²) in [6.07, 6.45) is 0.659. The highest BCUT2D eigenvalue weighted by Crippen LogP contribution is 2.15. The molecule has 1 amide bonds. The zero-order chi connectivity index (χ0) is 14.5. The number of amides is 1. The standard InChI is InChI=1S/C15H22ClNO2/c1-11(7-12-5-4-6-13(16)8-12)14(19)17-9-15(2,3)10-18/h4-6,8,11,18H,7,9-10H2,1-3H3,(H,17,19)/t11-/m0/s1. The van der Waals surface area contributed by atoms with Gasteiger partial charge >= 0.3 is 0 Å². The molecule has 0 unspecified atom stereocenters. The van der Waals surface area contributed by atoms with Crippen LogP contribution in [0.2, 0.25) is 5.02 Å². The predicted molar refractivity (Wildman–Crippen MR) is 78.2 cm³/mol. The minimum Gasteiger partial charge on any atom is -0.396 e. The average molecular weight is 284 g/mol. The third kappa shape index (κ3) is 5.62. The molecule has 1 atom stereocenters. The van der Waals surface area contributed by atoms with E-state index in [0.717, 1.165) is 5.56 Å². The number of carbonyl (C=O) groups excluding carboxylic acids is 1. The smallest absolute Gasteiger partial charge is 0.223 e. The summed E-state index contributed by atoms with van der Waals surface area (Å²) in [6.45, 7) is 6.24. The second-order valence-corrected chi connectivity index (χ2v) is 6.21. The fourth-order valence-corrected chi connectivity index (χ4v) is 1.88. The molecule has 0 aliphatic heterocycles. The van der Waals surface area contributed by atoms with Crippen molar-refractivity contribution in [1.29, 1.82) is 0 Å². The number of halogens is 1. The quantitative estimate of drug-likeness (QED) is 0.843. The molecule has 1 aromatic rings. The summed E-state index contributed by atoms with van der Waals surface area (Å²) < 4.78 is 0. The molecule has 106 valence electrons. The van der Waals surface area contributed by atoms with Crippen LogP contribution in [0, 0.1) is 11.3 Å². The summed E-state index contributed by atoms with van der Waals surface area (Å²) in [5.74, 6) is -0.116. The van der Waals surface area contributed by atoms with Crippen LogP contribution in [0.25, 0.3) is 0 Å². The lowest BCUT2D eigenvalue weighted by Gasteiger charge is -2.23. The first kappa shape index (κ1) is 16.0. The topological polar surface area (TPSA) is 49.3 Å². The number of benzene rings is 1. The third-order valence-electron chi connectivity index (χ3n) is 3.05. The molecule has 19 heavy (non-hydrogen) atoms. The highest BCUT2D eigenvalue weighted by molar-refractivity contribution is 6.30. The number of carbonyl (C=O) groups is 1. The van der Waals surface area contributed by atoms with Crippen molar-refractivity contribution in [3.63, 3.8) is 0 Å². The molecule has 0 spiro atoms. The fourth-order valence-electron chi connectivity index (χ4n) is 1.67. The van der Waals surface area contributed by atoms with Gasteiger partial charge in [-0.2, -0.15) is 0 Å². The molecule has 1 rings (SSSR count). The molecule has 4 heteroatoms. The van der Waals surface area contributed by atoms with E-state index >= 15 is 0 Å². The Kier molecular flexibility index (Phi) is 5.83. The van der Waals surface area contributed by atoms with Crippen LogP contribution in [0.4, 0.5) is 0 Å². The minimum atomic E-state index is -0.286. The second kappa shape index (κ2) is 6.92. The van der Waals surface area contributed by atoms with Crippen LogP contribution in [-0.4, -0.2) is 24.2 Å². The zero-order valence-electron chi connectivity index (χ0n) is 11.7. The number of hydrogen-bond donors (Lipinski definition) is 2. The number of aliphatic hydroxyl groups excluding tert-OH is 1. The summed E-state index contributed by atoms with van der Waals surface area (Å²) in [6, 6.07) is 7.55. The molecule has 0 aliphatic carbocycles. The molecular formula is C15H22ClNO2. The predicted octanol–water partition coefficient (Wildman–Crippen LogP) is 2.65. The van der Waals surface area contributed by atoms with E-state index in [1.165, 1.54) is 0 Å². The van der Waals surface area contributed by atoms with Crippen LogP contribution < -0.4 is 5.32 Å². The largest absolute Gasteiger partial charge is 0.396 e. The van der Waals surface area contributed by atoms with Gasteiger partial charge in [0.1, 0.15) is 0 Å². The van der Waals surface area contributed by atoms with Gasteiger partial charge in [0.15, 0.2) is 0 Å². The third-order valence-corrected chi connectivity index (χ3v) is 3.28. The second-order valence-electron chi connectivity index (χ2n) is 5.78. The first-order valence-electron chi connectivity index (χ1n) is 6.47. The van der Waals surface area contributed by atoms with Crippen LogP contribution >= 0.6 is 11.6 Å². The first-order valence-corrected chi connectivity index (χ1v) is 6.85. The van der Waals surface area contributed by atoms with E-state index in [-0.39, 0.29) is 23.8 Å². The van der Waals surface area contributed by atoms with E-state index in [1.807, 2.05) is 45.0 Å². The lowest BCUT2D eigenvalue weighted by atomic mass is 9.94. The molecule has 3 nitrogen and oxygen atoms in total. The van der Waals surface area contributed by atoms with Gasteiger partial charge in [-0.3, -0.25) is 4.79 Å². The number of rotatable bonds is 6. The molecule has 0 bridgehead atoms. The van der Waals surface area contributed by atoms with Gasteiger partial charge in [-0.25, -0.2) is 0 Å². The summed E-state index contributed by atoms with van der Waals surface area (Å²) in [5.41, 5.74) is 0.766. The lowest BCUT2D eigenvalue weighted by Crippen LogP contribution is -2.39. The maximum atomic E-state index is 12.0. The minimum absolute atomic E-state index is 0.00139. The lowest BCUT2D eigenvalue weighted by molar-refractivity contribution is -0.125. The van der Waals surface area contributed by atoms with E-state index in [1.54, 1.807) is 0 Å². The molecule has 0 aromatic heterocycles. The molecular weight excluding hydrogens is 262 g/mol. The molecule has 0 saturated carbocycles. The zero-order valence-corrected chi connectivity index (χ0v) is 12.5. The normalized spacial score (nSPS) is 13.1. The maximum Gasteiger partial charge on any atom is 0.223 e. The van der Waals surface area contributed by atoms with Crippen molar-refractivity contribution >= 4 is 17.5 Å². The van der Waals surface area contributed by atoms with Gasteiger partial charge in [0, 0.05) is 29.5 Å². The summed E-state index contributed by atoms with van der Waals surface area (Å²) in [4.78, 5) is 12.0. The van der Waals surface area contributed by atoms with E-state index in [4.69, 9.17) is 16.7 Å². The molecule has 2 N–H and O–H groups in total. The maximum absolute atomic E-state index is 12.0. The Morgan fingerprint density at radius 2 is 2.16 bits per heavy atom. The monoisotopic (exact) mass is 283 g/mol. The van der Waals surface area contributed by atoms with E-state index in [0.29, 0.717) is 18.0 Å². The summed E-state index contributed by atoms with van der Waals surface area (Å²) >= 11 is 5.92. The number of hydrogen-bond acceptors (Lipinski definition) is 2. The van der Waals surface area contributed by atoms with Crippen molar-refractivity contribution in [2.45, 2.75) is 27.2 Å². The van der Waals surface area contributed by atoms with Crippen molar-refractivity contribution in [2.75, 3.05) is 13.2 Å². The molecule has 0 saturated heterocycles. The van der Waals surface area contributed by atoms with Crippen LogP contribution in [0.15, 0.2) is 24.3 Å². The van der Waals surface area contributed by atoms with Gasteiger partial charge in [-0.1, -0.05) is 44.5 Å². The Hall–Kier alpha value is -1.06. The van der Waals surface area contributed by atoms with Crippen LogP contribution in [0.3, 0.4) is 0 Å². The van der Waals surface area contributed by atoms with Crippen molar-refractivity contribution in [1.82, 2.24) is 5.32 Å². The van der Waals surface area contributed by atoms with Gasteiger partial charge in [-0.05, 0) is 24.1 Å². The van der Waals surface area contributed by atoms with Gasteiger partial charge in [0.05, 0.1) is 0 Å². The Bertz CT molecular complexity index is 432. The Balaban J connectivity index is 2.49. The molecule has 0 aliphatic rings. The Labute approximate surface area is 120 Å². The van der Waals surface area contributed by atoms with E-state index < -0.39 is 0 Å². The molecule has 1 aromatic carbocycles. The van der Waals surface area contributed by atoms with Crippen molar-refractivity contribution < 1.29 is 9.90 Å². The highest BCUT2D eigenvalue weighted by atomic mass is 35.5. The van der Waals surface area contributed by atoms with Crippen molar-refractivity contribution in [2.24, 2.45) is 11.3 Å². The van der Waals surface area contributed by atoms with Gasteiger partial charge in [0.25, 0.3) is 0 Å². The average Bonchev–Trinajstić information content (AvgIpc) is 2.36. The molecule has 0 radical (unpaired) electrons. The van der Waals surface area contributed by atoms with Gasteiger partial charge in [0.2, 0.25) is 5.91 Å². The van der Waals surface area contributed by atoms with Crippen LogP contribution in [0.1, 0.15) is 26.3 Å². The molecule has 0 heterocycles. The fraction of sp³-hybridized carbons (Fsp3) is 0.533. The van der Waals surface area contributed by atoms with Gasteiger partial charge in [-0.15, -0.1) is 0 Å². The number of nitrogens with one attached hydrogen (secondary N) is 1. The van der Waals surface area contributed by atoms with Crippen LogP contribution in [-0.2, 0) is 11.2 Å². The van der Waals surface area contributed by atoms with Gasteiger partial charge < -0.3 is 10.4 Å². The first-order chi connectivity index (χ1) is 8.84. The Morgan fingerprint density at radius 3 is 2.74 bits per heavy atom. The number of aliphatic hydroxyl groups is 1.